The van der Waals surface area contributed by atoms with E-state index in [0.717, 1.165) is 11.0 Å². The number of imidazole rings is 1. The molecule has 0 aliphatic carbocycles. The SMILES string of the molecule is CCn1c(=O)n(CC(=O)N(C)C(C)CN)c2ccccc21.Cl. The van der Waals surface area contributed by atoms with E-state index in [1.54, 1.807) is 16.5 Å². The molecule has 0 bridgehead atoms. The van der Waals surface area contributed by atoms with Gasteiger partial charge in [0.25, 0.3) is 0 Å². The molecule has 6 nitrogen and oxygen atoms in total. The van der Waals surface area contributed by atoms with E-state index in [2.05, 4.69) is 0 Å². The maximum atomic E-state index is 12.4. The van der Waals surface area contributed by atoms with Crippen molar-refractivity contribution in [3.63, 3.8) is 0 Å². The Hall–Kier alpha value is -1.79. The number of nitrogens with two attached hydrogens (primary N) is 1. The number of fused-ring (bicyclic) bond motifs is 1. The predicted molar refractivity (Wildman–Crippen MR) is 90.4 cm³/mol. The number of hydrogen-bond donors (Lipinski definition) is 1. The van der Waals surface area contributed by atoms with Gasteiger partial charge in [-0.2, -0.15) is 0 Å². The number of hydrogen-bond acceptors (Lipinski definition) is 3. The van der Waals surface area contributed by atoms with Crippen molar-refractivity contribution >= 4 is 29.3 Å². The molecule has 1 atom stereocenters. The quantitative estimate of drug-likeness (QED) is 0.892. The topological polar surface area (TPSA) is 73.3 Å². The zero-order chi connectivity index (χ0) is 15.6. The van der Waals surface area contributed by atoms with E-state index in [1.165, 1.54) is 4.57 Å². The lowest BCUT2D eigenvalue weighted by Gasteiger charge is -2.23. The van der Waals surface area contributed by atoms with Crippen LogP contribution in [-0.4, -0.2) is 39.6 Å². The first kappa shape index (κ1) is 18.3. The summed E-state index contributed by atoms with van der Waals surface area (Å²) in [6.07, 6.45) is 0. The van der Waals surface area contributed by atoms with E-state index < -0.39 is 0 Å². The first-order valence-electron chi connectivity index (χ1n) is 7.15. The molecule has 2 N–H and O–H groups in total. The Balaban J connectivity index is 0.00000242. The lowest BCUT2D eigenvalue weighted by molar-refractivity contribution is -0.132. The molecule has 0 radical (unpaired) electrons. The van der Waals surface area contributed by atoms with Gasteiger partial charge in [0.15, 0.2) is 0 Å². The summed E-state index contributed by atoms with van der Waals surface area (Å²) < 4.78 is 3.20. The number of benzene rings is 1. The van der Waals surface area contributed by atoms with Crippen LogP contribution in [0.4, 0.5) is 0 Å². The Labute approximate surface area is 135 Å². The van der Waals surface area contributed by atoms with Gasteiger partial charge in [0.1, 0.15) is 6.54 Å². The number of halogens is 1. The minimum atomic E-state index is -0.152. The van der Waals surface area contributed by atoms with E-state index in [0.29, 0.717) is 13.1 Å². The van der Waals surface area contributed by atoms with Gasteiger partial charge < -0.3 is 10.6 Å². The highest BCUT2D eigenvalue weighted by Gasteiger charge is 2.18. The van der Waals surface area contributed by atoms with Crippen LogP contribution in [0.25, 0.3) is 11.0 Å². The Kier molecular flexibility index (Phi) is 6.20. The van der Waals surface area contributed by atoms with Crippen LogP contribution in [0.2, 0.25) is 0 Å². The second-order valence-corrected chi connectivity index (χ2v) is 5.19. The maximum Gasteiger partial charge on any atom is 0.329 e. The Morgan fingerprint density at radius 1 is 1.27 bits per heavy atom. The van der Waals surface area contributed by atoms with Gasteiger partial charge in [0, 0.05) is 26.2 Å². The first-order chi connectivity index (χ1) is 10.0. The number of nitrogens with zero attached hydrogens (tertiary/aromatic N) is 3. The second-order valence-electron chi connectivity index (χ2n) is 5.19. The van der Waals surface area contributed by atoms with Crippen LogP contribution in [0.15, 0.2) is 29.1 Å². The van der Waals surface area contributed by atoms with Crippen molar-refractivity contribution in [2.45, 2.75) is 33.0 Å². The highest BCUT2D eigenvalue weighted by Crippen LogP contribution is 2.13. The van der Waals surface area contributed by atoms with Crippen LogP contribution in [0.5, 0.6) is 0 Å². The predicted octanol–water partition coefficient (Wildman–Crippen LogP) is 1.05. The van der Waals surface area contributed by atoms with Crippen molar-refractivity contribution in [1.82, 2.24) is 14.0 Å². The van der Waals surface area contributed by atoms with E-state index in [1.807, 2.05) is 38.1 Å². The van der Waals surface area contributed by atoms with E-state index in [-0.39, 0.29) is 36.6 Å². The van der Waals surface area contributed by atoms with Crippen LogP contribution in [0.3, 0.4) is 0 Å². The van der Waals surface area contributed by atoms with Crippen molar-refractivity contribution in [1.29, 1.82) is 0 Å². The fourth-order valence-electron chi connectivity index (χ4n) is 2.38. The fraction of sp³-hybridized carbons (Fsp3) is 0.467. The smallest absolute Gasteiger partial charge is 0.329 e. The maximum absolute atomic E-state index is 12.4. The van der Waals surface area contributed by atoms with Crippen molar-refractivity contribution < 1.29 is 4.79 Å². The zero-order valence-electron chi connectivity index (χ0n) is 13.2. The third-order valence-corrected chi connectivity index (χ3v) is 3.93. The number of carbonyl (C=O) groups excluding carboxylic acids is 1. The Morgan fingerprint density at radius 3 is 2.32 bits per heavy atom. The molecule has 1 unspecified atom stereocenters. The van der Waals surface area contributed by atoms with E-state index >= 15 is 0 Å². The molecule has 0 fully saturated rings. The molecule has 0 saturated heterocycles. The van der Waals surface area contributed by atoms with E-state index in [4.69, 9.17) is 5.73 Å². The summed E-state index contributed by atoms with van der Waals surface area (Å²) in [7, 11) is 1.71. The lowest BCUT2D eigenvalue weighted by Crippen LogP contribution is -2.42. The molecule has 1 aromatic carbocycles. The number of para-hydroxylation sites is 2. The number of carbonyl (C=O) groups is 1. The molecule has 22 heavy (non-hydrogen) atoms. The average molecular weight is 327 g/mol. The molecule has 7 heteroatoms. The summed E-state index contributed by atoms with van der Waals surface area (Å²) >= 11 is 0. The molecule has 0 saturated carbocycles. The van der Waals surface area contributed by atoms with Crippen molar-refractivity contribution in [2.24, 2.45) is 5.73 Å². The number of rotatable bonds is 5. The van der Waals surface area contributed by atoms with Crippen molar-refractivity contribution in [3.8, 4) is 0 Å². The van der Waals surface area contributed by atoms with Crippen LogP contribution >= 0.6 is 12.4 Å². The van der Waals surface area contributed by atoms with Crippen LogP contribution in [0, 0.1) is 0 Å². The molecule has 1 amide bonds. The highest BCUT2D eigenvalue weighted by atomic mass is 35.5. The minimum absolute atomic E-state index is 0. The van der Waals surface area contributed by atoms with Gasteiger partial charge >= 0.3 is 5.69 Å². The molecular weight excluding hydrogens is 304 g/mol. The molecular formula is C15H23ClN4O2. The van der Waals surface area contributed by atoms with Crippen LogP contribution in [0.1, 0.15) is 13.8 Å². The first-order valence-corrected chi connectivity index (χ1v) is 7.15. The van der Waals surface area contributed by atoms with Gasteiger partial charge in [0.2, 0.25) is 5.91 Å². The summed E-state index contributed by atoms with van der Waals surface area (Å²) in [6, 6.07) is 7.47. The second kappa shape index (κ2) is 7.47. The van der Waals surface area contributed by atoms with Gasteiger partial charge in [-0.1, -0.05) is 12.1 Å². The van der Waals surface area contributed by atoms with Gasteiger partial charge in [-0.25, -0.2) is 4.79 Å². The molecule has 1 heterocycles. The van der Waals surface area contributed by atoms with Crippen molar-refractivity contribution in [2.75, 3.05) is 13.6 Å². The van der Waals surface area contributed by atoms with Crippen molar-refractivity contribution in [3.05, 3.63) is 34.7 Å². The van der Waals surface area contributed by atoms with Gasteiger partial charge in [-0.3, -0.25) is 13.9 Å². The molecule has 122 valence electrons. The molecule has 0 aliphatic heterocycles. The standard InChI is InChI=1S/C15H22N4O2.ClH/c1-4-18-12-7-5-6-8-13(12)19(15(18)21)10-14(20)17(3)11(2)9-16;/h5-8,11H,4,9-10,16H2,1-3H3;1H. The summed E-state index contributed by atoms with van der Waals surface area (Å²) in [5.41, 5.74) is 7.07. The summed E-state index contributed by atoms with van der Waals surface area (Å²) in [6.45, 7) is 4.81. The monoisotopic (exact) mass is 326 g/mol. The van der Waals surface area contributed by atoms with Gasteiger partial charge in [0.05, 0.1) is 11.0 Å². The highest BCUT2D eigenvalue weighted by molar-refractivity contribution is 5.85. The summed E-state index contributed by atoms with van der Waals surface area (Å²) in [5.74, 6) is -0.117. The molecule has 2 aromatic rings. The fourth-order valence-corrected chi connectivity index (χ4v) is 2.38. The Morgan fingerprint density at radius 2 is 1.82 bits per heavy atom. The Bertz CT molecular complexity index is 707. The molecule has 1 aromatic heterocycles. The van der Waals surface area contributed by atoms with Crippen LogP contribution < -0.4 is 11.4 Å². The summed E-state index contributed by atoms with van der Waals surface area (Å²) in [4.78, 5) is 26.3. The van der Waals surface area contributed by atoms with Crippen LogP contribution in [-0.2, 0) is 17.9 Å². The van der Waals surface area contributed by atoms with Gasteiger partial charge in [-0.05, 0) is 26.0 Å². The molecule has 0 aliphatic rings. The summed E-state index contributed by atoms with van der Waals surface area (Å²) in [5, 5.41) is 0. The number of likely N-dealkylation sites (N-methyl/N-ethyl adjacent to an activating group) is 1. The third kappa shape index (κ3) is 3.18. The lowest BCUT2D eigenvalue weighted by atomic mass is 10.3. The number of aryl methyl sites for hydroxylation is 1. The van der Waals surface area contributed by atoms with E-state index in [9.17, 15) is 9.59 Å². The number of aromatic nitrogens is 2. The molecule has 2 rings (SSSR count). The normalized spacial score (nSPS) is 12.0. The zero-order valence-corrected chi connectivity index (χ0v) is 14.0. The largest absolute Gasteiger partial charge is 0.340 e. The third-order valence-electron chi connectivity index (χ3n) is 3.93. The number of amides is 1. The minimum Gasteiger partial charge on any atom is -0.340 e. The van der Waals surface area contributed by atoms with Gasteiger partial charge in [-0.15, -0.1) is 12.4 Å². The average Bonchev–Trinajstić information content (AvgIpc) is 2.77. The molecule has 0 spiro atoms.